The van der Waals surface area contributed by atoms with Gasteiger partial charge in [-0.1, -0.05) is 0 Å². The number of aromatic hydroxyl groups is 1. The van der Waals surface area contributed by atoms with Gasteiger partial charge < -0.3 is 15.7 Å². The molecule has 2 aliphatic heterocycles. The van der Waals surface area contributed by atoms with E-state index in [2.05, 4.69) is 22.6 Å². The number of piperidine rings is 1. The van der Waals surface area contributed by atoms with Crippen molar-refractivity contribution in [2.45, 2.75) is 43.8 Å². The molecule has 1 amide bonds. The number of halogens is 1. The van der Waals surface area contributed by atoms with Gasteiger partial charge >= 0.3 is 0 Å². The number of hydrogen-bond acceptors (Lipinski definition) is 3. The molecule has 0 saturated carbocycles. The number of carbonyl (C=O) groups is 1. The van der Waals surface area contributed by atoms with Crippen LogP contribution in [-0.4, -0.2) is 34.0 Å². The first-order valence-corrected chi connectivity index (χ1v) is 7.71. The zero-order valence-electron chi connectivity index (χ0n) is 10.6. The molecule has 0 aliphatic carbocycles. The third-order valence-corrected chi connectivity index (χ3v) is 5.11. The summed E-state index contributed by atoms with van der Waals surface area (Å²) in [5, 5.41) is 9.74. The van der Waals surface area contributed by atoms with Gasteiger partial charge in [-0.2, -0.15) is 0 Å². The Morgan fingerprint density at radius 1 is 1.32 bits per heavy atom. The van der Waals surface area contributed by atoms with Crippen LogP contribution in [0, 0.1) is 3.57 Å². The predicted octanol–water partition coefficient (Wildman–Crippen LogP) is 2.09. The number of nitrogens with zero attached hydrogens (tertiary/aromatic N) is 1. The molecule has 102 valence electrons. The molecule has 0 aromatic heterocycles. The van der Waals surface area contributed by atoms with Crippen LogP contribution in [0.2, 0.25) is 0 Å². The highest BCUT2D eigenvalue weighted by molar-refractivity contribution is 14.1. The summed E-state index contributed by atoms with van der Waals surface area (Å²) in [6.07, 6.45) is 3.91. The van der Waals surface area contributed by atoms with E-state index in [9.17, 15) is 9.90 Å². The lowest BCUT2D eigenvalue weighted by Gasteiger charge is -2.37. The SMILES string of the molecule is NC1CC2CCC(C1)N2C(=O)c1ccc(I)c(O)c1. The summed E-state index contributed by atoms with van der Waals surface area (Å²) in [6, 6.07) is 5.92. The molecule has 2 atom stereocenters. The molecule has 2 aliphatic rings. The fourth-order valence-electron chi connectivity index (χ4n) is 3.35. The van der Waals surface area contributed by atoms with Crippen molar-refractivity contribution in [3.63, 3.8) is 0 Å². The van der Waals surface area contributed by atoms with E-state index in [1.165, 1.54) is 0 Å². The second-order valence-electron chi connectivity index (χ2n) is 5.50. The van der Waals surface area contributed by atoms with E-state index in [0.717, 1.165) is 29.3 Å². The summed E-state index contributed by atoms with van der Waals surface area (Å²) < 4.78 is 0.762. The van der Waals surface area contributed by atoms with Crippen molar-refractivity contribution in [3.05, 3.63) is 27.3 Å². The highest BCUT2D eigenvalue weighted by atomic mass is 127. The van der Waals surface area contributed by atoms with Gasteiger partial charge in [0.15, 0.2) is 0 Å². The second-order valence-corrected chi connectivity index (χ2v) is 6.66. The lowest BCUT2D eigenvalue weighted by atomic mass is 9.97. The van der Waals surface area contributed by atoms with Gasteiger partial charge in [0, 0.05) is 23.7 Å². The molecule has 3 N–H and O–H groups in total. The van der Waals surface area contributed by atoms with Gasteiger partial charge in [0.25, 0.3) is 5.91 Å². The summed E-state index contributed by atoms with van der Waals surface area (Å²) in [7, 11) is 0. The summed E-state index contributed by atoms with van der Waals surface area (Å²) in [6.45, 7) is 0. The number of amides is 1. The lowest BCUT2D eigenvalue weighted by molar-refractivity contribution is 0.0574. The van der Waals surface area contributed by atoms with Crippen molar-refractivity contribution in [2.24, 2.45) is 5.73 Å². The van der Waals surface area contributed by atoms with Crippen LogP contribution in [0.1, 0.15) is 36.0 Å². The van der Waals surface area contributed by atoms with Crippen LogP contribution in [0.5, 0.6) is 5.75 Å². The van der Waals surface area contributed by atoms with E-state index in [-0.39, 0.29) is 29.8 Å². The molecule has 3 rings (SSSR count). The van der Waals surface area contributed by atoms with Gasteiger partial charge in [-0.05, 0) is 66.5 Å². The summed E-state index contributed by atoms with van der Waals surface area (Å²) in [5.41, 5.74) is 6.60. The maximum absolute atomic E-state index is 12.6. The average molecular weight is 372 g/mol. The van der Waals surface area contributed by atoms with E-state index in [0.29, 0.717) is 5.56 Å². The molecule has 4 nitrogen and oxygen atoms in total. The minimum atomic E-state index is 0.0334. The molecule has 0 radical (unpaired) electrons. The zero-order valence-corrected chi connectivity index (χ0v) is 12.7. The van der Waals surface area contributed by atoms with Crippen molar-refractivity contribution in [1.29, 1.82) is 0 Å². The maximum atomic E-state index is 12.6. The molecular weight excluding hydrogens is 355 g/mol. The lowest BCUT2D eigenvalue weighted by Crippen LogP contribution is -2.50. The molecule has 2 heterocycles. The second kappa shape index (κ2) is 4.94. The number of phenolic OH excluding ortho intramolecular Hbond substituents is 1. The summed E-state index contributed by atoms with van der Waals surface area (Å²) in [4.78, 5) is 14.6. The fraction of sp³-hybridized carbons (Fsp3) is 0.500. The third kappa shape index (κ3) is 2.33. The van der Waals surface area contributed by atoms with Crippen molar-refractivity contribution in [3.8, 4) is 5.75 Å². The van der Waals surface area contributed by atoms with E-state index in [1.807, 2.05) is 4.90 Å². The Kier molecular flexibility index (Phi) is 3.42. The average Bonchev–Trinajstić information content (AvgIpc) is 2.64. The van der Waals surface area contributed by atoms with Crippen LogP contribution in [0.3, 0.4) is 0 Å². The minimum Gasteiger partial charge on any atom is -0.507 e. The largest absolute Gasteiger partial charge is 0.507 e. The number of fused-ring (bicyclic) bond motifs is 2. The number of benzene rings is 1. The smallest absolute Gasteiger partial charge is 0.254 e. The third-order valence-electron chi connectivity index (χ3n) is 4.20. The molecule has 5 heteroatoms. The minimum absolute atomic E-state index is 0.0334. The van der Waals surface area contributed by atoms with Crippen LogP contribution in [0.15, 0.2) is 18.2 Å². The molecule has 0 spiro atoms. The summed E-state index contributed by atoms with van der Waals surface area (Å²) >= 11 is 2.05. The quantitative estimate of drug-likeness (QED) is 0.742. The van der Waals surface area contributed by atoms with Gasteiger partial charge in [0.05, 0.1) is 3.57 Å². The molecule has 2 unspecified atom stereocenters. The number of phenols is 1. The van der Waals surface area contributed by atoms with Gasteiger partial charge in [-0.25, -0.2) is 0 Å². The summed E-state index contributed by atoms with van der Waals surface area (Å²) in [5.74, 6) is 0.207. The van der Waals surface area contributed by atoms with Gasteiger partial charge in [0.1, 0.15) is 5.75 Å². The topological polar surface area (TPSA) is 66.6 Å². The van der Waals surface area contributed by atoms with Gasteiger partial charge in [0.2, 0.25) is 0 Å². The number of rotatable bonds is 1. The van der Waals surface area contributed by atoms with Crippen LogP contribution in [0.25, 0.3) is 0 Å². The van der Waals surface area contributed by atoms with Crippen LogP contribution in [0.4, 0.5) is 0 Å². The first kappa shape index (κ1) is 13.2. The monoisotopic (exact) mass is 372 g/mol. The van der Waals surface area contributed by atoms with Gasteiger partial charge in [-0.3, -0.25) is 4.79 Å². The number of nitrogens with two attached hydrogens (primary N) is 1. The van der Waals surface area contributed by atoms with E-state index in [1.54, 1.807) is 18.2 Å². The molecule has 2 fully saturated rings. The standard InChI is InChI=1S/C14H17IN2O2/c15-12-4-1-8(5-13(12)18)14(19)17-10-2-3-11(17)7-9(16)6-10/h1,4-5,9-11,18H,2-3,6-7,16H2. The Morgan fingerprint density at radius 2 is 1.95 bits per heavy atom. The van der Waals surface area contributed by atoms with Crippen molar-refractivity contribution in [2.75, 3.05) is 0 Å². The van der Waals surface area contributed by atoms with Crippen LogP contribution >= 0.6 is 22.6 Å². The first-order valence-electron chi connectivity index (χ1n) is 6.63. The van der Waals surface area contributed by atoms with Crippen molar-refractivity contribution < 1.29 is 9.90 Å². The van der Waals surface area contributed by atoms with Crippen molar-refractivity contribution in [1.82, 2.24) is 4.90 Å². The van der Waals surface area contributed by atoms with Gasteiger partial charge in [-0.15, -0.1) is 0 Å². The fourth-order valence-corrected chi connectivity index (χ4v) is 3.68. The molecular formula is C14H17IN2O2. The molecule has 1 aromatic rings. The Morgan fingerprint density at radius 3 is 2.53 bits per heavy atom. The van der Waals surface area contributed by atoms with E-state index < -0.39 is 0 Å². The number of carbonyl (C=O) groups excluding carboxylic acids is 1. The Labute approximate surface area is 126 Å². The highest BCUT2D eigenvalue weighted by Gasteiger charge is 2.42. The van der Waals surface area contributed by atoms with E-state index in [4.69, 9.17) is 5.73 Å². The molecule has 2 bridgehead atoms. The highest BCUT2D eigenvalue weighted by Crippen LogP contribution is 2.36. The van der Waals surface area contributed by atoms with Crippen LogP contribution < -0.4 is 5.73 Å². The normalized spacial score (nSPS) is 29.6. The number of hydrogen-bond donors (Lipinski definition) is 2. The predicted molar refractivity (Wildman–Crippen MR) is 81.0 cm³/mol. The Bertz CT molecular complexity index is 506. The molecule has 2 saturated heterocycles. The molecule has 1 aromatic carbocycles. The Hall–Kier alpha value is -0.820. The maximum Gasteiger partial charge on any atom is 0.254 e. The Balaban J connectivity index is 1.86. The molecule has 19 heavy (non-hydrogen) atoms. The van der Waals surface area contributed by atoms with Crippen molar-refractivity contribution >= 4 is 28.5 Å². The first-order chi connectivity index (χ1) is 9.06. The zero-order chi connectivity index (χ0) is 13.6. The van der Waals surface area contributed by atoms with Crippen LogP contribution in [-0.2, 0) is 0 Å². The van der Waals surface area contributed by atoms with E-state index >= 15 is 0 Å².